The second kappa shape index (κ2) is 8.42. The van der Waals surface area contributed by atoms with Crippen LogP contribution in [-0.2, 0) is 0 Å². The van der Waals surface area contributed by atoms with Crippen molar-refractivity contribution in [3.8, 4) is 11.8 Å². The quantitative estimate of drug-likeness (QED) is 0.385. The van der Waals surface area contributed by atoms with E-state index in [1.54, 1.807) is 0 Å². The van der Waals surface area contributed by atoms with Gasteiger partial charge in [0.2, 0.25) is 0 Å². The lowest BCUT2D eigenvalue weighted by Gasteiger charge is -2.25. The first-order valence-electron chi connectivity index (χ1n) is 10.7. The van der Waals surface area contributed by atoms with Gasteiger partial charge in [-0.15, -0.1) is 0 Å². The van der Waals surface area contributed by atoms with Crippen molar-refractivity contribution in [2.45, 2.75) is 71.0 Å². The maximum atomic E-state index is 6.16. The molecule has 3 rings (SSSR count). The van der Waals surface area contributed by atoms with E-state index in [0.717, 1.165) is 30.0 Å². The molecule has 0 radical (unpaired) electrons. The lowest BCUT2D eigenvalue weighted by Crippen LogP contribution is -2.16. The predicted octanol–water partition coefficient (Wildman–Crippen LogP) is 6.52. The molecule has 3 aliphatic rings. The van der Waals surface area contributed by atoms with Crippen molar-refractivity contribution in [2.24, 2.45) is 23.0 Å². The maximum Gasteiger partial charge on any atom is 0.0484 e. The first-order chi connectivity index (χ1) is 13.1. The van der Waals surface area contributed by atoms with Gasteiger partial charge in [-0.25, -0.2) is 0 Å². The fraction of sp³-hybridized carbons (Fsp3) is 0.538. The van der Waals surface area contributed by atoms with Crippen LogP contribution >= 0.6 is 12.6 Å². The van der Waals surface area contributed by atoms with Crippen molar-refractivity contribution in [3.63, 3.8) is 0 Å². The summed E-state index contributed by atoms with van der Waals surface area (Å²) in [4.78, 5) is 0. The molecule has 2 heteroatoms. The molecule has 0 bridgehead atoms. The van der Waals surface area contributed by atoms with Crippen molar-refractivity contribution < 1.29 is 0 Å². The summed E-state index contributed by atoms with van der Waals surface area (Å²) >= 11 is 4.92. The molecule has 28 heavy (non-hydrogen) atoms. The largest absolute Gasteiger partial charge is 0.402 e. The van der Waals surface area contributed by atoms with Gasteiger partial charge >= 0.3 is 0 Å². The third kappa shape index (κ3) is 5.95. The Labute approximate surface area is 177 Å². The first kappa shape index (κ1) is 21.1. The van der Waals surface area contributed by atoms with E-state index in [1.807, 2.05) is 0 Å². The Balaban J connectivity index is 1.81. The van der Waals surface area contributed by atoms with Crippen LogP contribution in [0.15, 0.2) is 58.9 Å². The van der Waals surface area contributed by atoms with Crippen molar-refractivity contribution >= 4 is 12.6 Å². The zero-order valence-corrected chi connectivity index (χ0v) is 18.8. The van der Waals surface area contributed by atoms with E-state index < -0.39 is 0 Å². The average Bonchev–Trinajstić information content (AvgIpc) is 2.84. The van der Waals surface area contributed by atoms with Gasteiger partial charge in [0.05, 0.1) is 0 Å². The van der Waals surface area contributed by atoms with Crippen LogP contribution in [0.25, 0.3) is 0 Å². The summed E-state index contributed by atoms with van der Waals surface area (Å²) in [5.74, 6) is 8.40. The Hall–Kier alpha value is -1.59. The van der Waals surface area contributed by atoms with Crippen LogP contribution in [0.5, 0.6) is 0 Å². The zero-order valence-electron chi connectivity index (χ0n) is 17.9. The minimum absolute atomic E-state index is 0.158. The highest BCUT2D eigenvalue weighted by Gasteiger charge is 2.25. The number of hydrogen-bond donors (Lipinski definition) is 2. The molecule has 1 atom stereocenters. The van der Waals surface area contributed by atoms with Crippen LogP contribution in [0, 0.1) is 29.1 Å². The third-order valence-corrected chi connectivity index (χ3v) is 6.25. The Morgan fingerprint density at radius 2 is 1.71 bits per heavy atom. The van der Waals surface area contributed by atoms with Crippen molar-refractivity contribution in [1.29, 1.82) is 0 Å². The highest BCUT2D eigenvalue weighted by atomic mass is 32.1. The van der Waals surface area contributed by atoms with Crippen LogP contribution in [0.3, 0.4) is 0 Å². The molecule has 1 fully saturated rings. The fourth-order valence-corrected chi connectivity index (χ4v) is 4.75. The van der Waals surface area contributed by atoms with Gasteiger partial charge in [-0.05, 0) is 86.2 Å². The van der Waals surface area contributed by atoms with Gasteiger partial charge < -0.3 is 5.73 Å². The van der Waals surface area contributed by atoms with Gasteiger partial charge in [0.15, 0.2) is 0 Å². The van der Waals surface area contributed by atoms with Crippen LogP contribution in [0.1, 0.15) is 66.2 Å². The molecule has 0 amide bonds. The molecule has 0 aromatic carbocycles. The molecule has 0 aliphatic heterocycles. The summed E-state index contributed by atoms with van der Waals surface area (Å²) in [6.07, 6.45) is 20.1. The zero-order chi connectivity index (χ0) is 20.4. The molecule has 0 spiro atoms. The standard InChI is InChI=1S/C26H35NS/c1-19-5-7-20(8-6-19)9-10-21-11-12-23(17-26(4,28)15-21)22-13-14-24(27)18-25(2,3)16-22/h11-15,17,19-20,28H,5-8,16,18,27H2,1-4H3. The van der Waals surface area contributed by atoms with Crippen molar-refractivity contribution in [3.05, 3.63) is 58.9 Å². The SMILES string of the molecule is CC1CCC(C#CC2=CC(C)(S)C=C(C3=CC=C(N)CC(C)(C)C3)C=C2)CC1. The molecule has 0 heterocycles. The minimum Gasteiger partial charge on any atom is -0.402 e. The summed E-state index contributed by atoms with van der Waals surface area (Å²) in [5.41, 5.74) is 10.9. The third-order valence-electron chi connectivity index (χ3n) is 6.00. The molecule has 1 nitrogen and oxygen atoms in total. The summed E-state index contributed by atoms with van der Waals surface area (Å²) in [6.45, 7) is 9.06. The van der Waals surface area contributed by atoms with Crippen LogP contribution in [0.4, 0.5) is 0 Å². The van der Waals surface area contributed by atoms with Gasteiger partial charge in [-0.1, -0.05) is 50.8 Å². The van der Waals surface area contributed by atoms with Crippen molar-refractivity contribution in [1.82, 2.24) is 0 Å². The molecule has 2 N–H and O–H groups in total. The van der Waals surface area contributed by atoms with Crippen LogP contribution in [0.2, 0.25) is 0 Å². The number of rotatable bonds is 1. The number of thiol groups is 1. The van der Waals surface area contributed by atoms with E-state index >= 15 is 0 Å². The Kier molecular flexibility index (Phi) is 6.35. The van der Waals surface area contributed by atoms with Crippen LogP contribution in [-0.4, -0.2) is 4.75 Å². The molecule has 1 saturated carbocycles. The Morgan fingerprint density at radius 3 is 2.43 bits per heavy atom. The summed E-state index contributed by atoms with van der Waals surface area (Å²) in [7, 11) is 0. The molecule has 0 saturated heterocycles. The highest BCUT2D eigenvalue weighted by Crippen LogP contribution is 2.38. The second-order valence-electron chi connectivity index (χ2n) is 9.94. The molecular formula is C26H35NS. The minimum atomic E-state index is -0.323. The molecule has 150 valence electrons. The summed E-state index contributed by atoms with van der Waals surface area (Å²) in [6, 6.07) is 0. The van der Waals surface area contributed by atoms with E-state index in [2.05, 4.69) is 76.0 Å². The van der Waals surface area contributed by atoms with E-state index in [4.69, 9.17) is 18.4 Å². The maximum absolute atomic E-state index is 6.16. The summed E-state index contributed by atoms with van der Waals surface area (Å²) < 4.78 is -0.323. The van der Waals surface area contributed by atoms with Gasteiger partial charge in [0.25, 0.3) is 0 Å². The Bertz CT molecular complexity index is 812. The lowest BCUT2D eigenvalue weighted by molar-refractivity contribution is 0.337. The molecule has 0 aromatic rings. The smallest absolute Gasteiger partial charge is 0.0484 e. The molecule has 1 unspecified atom stereocenters. The normalized spacial score (nSPS) is 32.6. The first-order valence-corrected chi connectivity index (χ1v) is 11.1. The van der Waals surface area contributed by atoms with E-state index in [-0.39, 0.29) is 10.2 Å². The van der Waals surface area contributed by atoms with Gasteiger partial charge in [0, 0.05) is 21.9 Å². The molecule has 0 aromatic heterocycles. The van der Waals surface area contributed by atoms with Gasteiger partial charge in [-0.2, -0.15) is 12.6 Å². The highest BCUT2D eigenvalue weighted by molar-refractivity contribution is 7.82. The predicted molar refractivity (Wildman–Crippen MR) is 125 cm³/mol. The van der Waals surface area contributed by atoms with Gasteiger partial charge in [0.1, 0.15) is 0 Å². The second-order valence-corrected chi connectivity index (χ2v) is 10.9. The van der Waals surface area contributed by atoms with Crippen LogP contribution < -0.4 is 5.73 Å². The topological polar surface area (TPSA) is 26.0 Å². The Morgan fingerprint density at radius 1 is 1.00 bits per heavy atom. The van der Waals surface area contributed by atoms with E-state index in [9.17, 15) is 0 Å². The monoisotopic (exact) mass is 393 g/mol. The number of hydrogen-bond acceptors (Lipinski definition) is 2. The average molecular weight is 394 g/mol. The lowest BCUT2D eigenvalue weighted by atomic mass is 9.80. The van der Waals surface area contributed by atoms with Crippen molar-refractivity contribution in [2.75, 3.05) is 0 Å². The molecular weight excluding hydrogens is 358 g/mol. The molecule has 3 aliphatic carbocycles. The fourth-order valence-electron chi connectivity index (χ4n) is 4.47. The number of nitrogens with two attached hydrogens (primary N) is 1. The summed E-state index contributed by atoms with van der Waals surface area (Å²) in [5, 5.41) is 0. The number of allylic oxidation sites excluding steroid dienone is 8. The van der Waals surface area contributed by atoms with Gasteiger partial charge in [-0.3, -0.25) is 0 Å². The van der Waals surface area contributed by atoms with E-state index in [0.29, 0.717) is 5.92 Å². The van der Waals surface area contributed by atoms with E-state index in [1.165, 1.54) is 36.8 Å².